The first-order valence-electron chi connectivity index (χ1n) is 16.2. The molecular weight excluding hydrogens is 966 g/mol. The lowest BCUT2D eigenvalue weighted by Crippen LogP contribution is -1.89. The van der Waals surface area contributed by atoms with Crippen LogP contribution in [0.2, 0.25) is 0 Å². The second-order valence-corrected chi connectivity index (χ2v) is 16.8. The Morgan fingerprint density at radius 2 is 0.731 bits per heavy atom. The minimum atomic E-state index is -0.750. The van der Waals surface area contributed by atoms with Gasteiger partial charge in [-0.1, -0.05) is 222 Å². The Morgan fingerprint density at radius 3 is 1.29 bits per heavy atom. The van der Waals surface area contributed by atoms with Crippen molar-refractivity contribution in [3.8, 4) is 22.3 Å². The van der Waals surface area contributed by atoms with Crippen molar-refractivity contribution in [2.24, 2.45) is 0 Å². The molecule has 10 rings (SSSR count). The van der Waals surface area contributed by atoms with Crippen molar-refractivity contribution in [1.29, 1.82) is 0 Å². The van der Waals surface area contributed by atoms with E-state index in [9.17, 15) is 0 Å². The van der Waals surface area contributed by atoms with Crippen LogP contribution in [0.25, 0.3) is 86.9 Å². The van der Waals surface area contributed by atoms with Gasteiger partial charge in [0.25, 0.3) is 0 Å². The summed E-state index contributed by atoms with van der Waals surface area (Å²) in [4.78, 5) is 0. The minimum Gasteiger partial charge on any atom is -0.114 e. The van der Waals surface area contributed by atoms with E-state index in [1.807, 2.05) is 0 Å². The van der Waals surface area contributed by atoms with Crippen molar-refractivity contribution in [2.75, 3.05) is 0 Å². The molecule has 0 heterocycles. The van der Waals surface area contributed by atoms with E-state index in [0.717, 1.165) is 13.4 Å². The maximum absolute atomic E-state index is 4.81. The molecule has 0 aliphatic carbocycles. The highest BCUT2D eigenvalue weighted by Crippen LogP contribution is 2.46. The Hall–Kier alpha value is -2.93. The van der Waals surface area contributed by atoms with Gasteiger partial charge in [-0.05, 0) is 99.0 Å². The number of halogens is 7. The third kappa shape index (κ3) is 6.93. The van der Waals surface area contributed by atoms with Crippen LogP contribution in [0, 0.1) is 0 Å². The first-order valence-corrected chi connectivity index (χ1v) is 19.9. The van der Waals surface area contributed by atoms with E-state index in [1.54, 1.807) is 0 Å². The largest absolute Gasteiger partial charge is 0.180 e. The first-order chi connectivity index (χ1) is 24.8. The highest BCUT2D eigenvalue weighted by atomic mass is 79.9. The average molecular weight is 994 g/mol. The summed E-state index contributed by atoms with van der Waals surface area (Å²) in [5.41, 5.74) is 5.08. The fourth-order valence-corrected chi connectivity index (χ4v) is 9.31. The molecule has 0 fully saturated rings. The SMILES string of the molecule is Br.Brc1cc(Br)c2ccc3c(-c4ccccc4)cc(Br)c4ccc1c2c43.ClC(Cl)Cl.c1ccc(-c2ccc3ccc4cccc5ccc2c3c45)cc1. The Morgan fingerprint density at radius 1 is 0.346 bits per heavy atom. The molecule has 0 radical (unpaired) electrons. The van der Waals surface area contributed by atoms with Crippen LogP contribution in [-0.2, 0) is 0 Å². The lowest BCUT2D eigenvalue weighted by Gasteiger charge is -2.17. The predicted octanol–water partition coefficient (Wildman–Crippen LogP) is 17.4. The average Bonchev–Trinajstić information content (AvgIpc) is 3.15. The molecule has 0 aromatic heterocycles. The summed E-state index contributed by atoms with van der Waals surface area (Å²) in [6, 6.07) is 54.5. The highest BCUT2D eigenvalue weighted by molar-refractivity contribution is 9.11. The molecule has 7 heteroatoms. The number of hydrogen-bond acceptors (Lipinski definition) is 0. The third-order valence-corrected chi connectivity index (χ3v) is 11.4. The van der Waals surface area contributed by atoms with Crippen molar-refractivity contribution in [1.82, 2.24) is 0 Å². The summed E-state index contributed by atoms with van der Waals surface area (Å²) in [6.45, 7) is 0. The van der Waals surface area contributed by atoms with Gasteiger partial charge in [0.1, 0.15) is 0 Å². The molecule has 0 amide bonds. The van der Waals surface area contributed by atoms with E-state index in [0.29, 0.717) is 0 Å². The van der Waals surface area contributed by atoms with Gasteiger partial charge in [-0.15, -0.1) is 17.0 Å². The van der Waals surface area contributed by atoms with Gasteiger partial charge in [-0.25, -0.2) is 0 Å². The van der Waals surface area contributed by atoms with Crippen molar-refractivity contribution in [2.45, 2.75) is 4.30 Å². The second kappa shape index (κ2) is 15.8. The molecular formula is C45H27Br4Cl3. The Balaban J connectivity index is 0.000000145. The van der Waals surface area contributed by atoms with Crippen LogP contribution in [0.4, 0.5) is 0 Å². The summed E-state index contributed by atoms with van der Waals surface area (Å²) in [5.74, 6) is 0. The molecule has 10 aromatic rings. The van der Waals surface area contributed by atoms with E-state index >= 15 is 0 Å². The molecule has 0 nitrogen and oxygen atoms in total. The first kappa shape index (κ1) is 37.4. The normalized spacial score (nSPS) is 11.3. The quantitative estimate of drug-likeness (QED) is 0.120. The summed E-state index contributed by atoms with van der Waals surface area (Å²) in [5, 5.41) is 15.7. The fraction of sp³-hybridized carbons (Fsp3) is 0.0222. The van der Waals surface area contributed by atoms with Gasteiger partial charge in [0.05, 0.1) is 0 Å². The molecule has 0 bridgehead atoms. The molecule has 0 unspecified atom stereocenters. The summed E-state index contributed by atoms with van der Waals surface area (Å²) >= 11 is 25.7. The fourth-order valence-electron chi connectivity index (χ4n) is 7.33. The van der Waals surface area contributed by atoms with E-state index in [4.69, 9.17) is 34.8 Å². The lowest BCUT2D eigenvalue weighted by molar-refractivity contribution is 1.64. The molecule has 0 aliphatic heterocycles. The Kier molecular flexibility index (Phi) is 11.4. The van der Waals surface area contributed by atoms with Gasteiger partial charge in [0.2, 0.25) is 0 Å². The monoisotopic (exact) mass is 988 g/mol. The van der Waals surface area contributed by atoms with Crippen molar-refractivity contribution < 1.29 is 0 Å². The number of alkyl halides is 3. The second-order valence-electron chi connectivity index (χ2n) is 12.3. The van der Waals surface area contributed by atoms with E-state index in [-0.39, 0.29) is 17.0 Å². The van der Waals surface area contributed by atoms with Gasteiger partial charge in [-0.2, -0.15) is 0 Å². The zero-order valence-corrected chi connectivity index (χ0v) is 35.9. The van der Waals surface area contributed by atoms with Crippen LogP contribution < -0.4 is 0 Å². The van der Waals surface area contributed by atoms with E-state index in [1.165, 1.54) is 86.9 Å². The van der Waals surface area contributed by atoms with E-state index in [2.05, 4.69) is 199 Å². The highest BCUT2D eigenvalue weighted by Gasteiger charge is 2.17. The van der Waals surface area contributed by atoms with Crippen LogP contribution in [0.15, 0.2) is 165 Å². The molecule has 0 aliphatic rings. The zero-order chi connectivity index (χ0) is 35.2. The smallest absolute Gasteiger partial charge is 0.114 e. The standard InChI is InChI=1S/C22H11Br3.C22H14.CHCl3.BrH/c23-18-10-17(12-4-2-1-3-5-12)13-6-7-15-19(24)11-20(25)16-9-8-14(18)21(13)22(15)16;1-2-5-15(6-3-1)19-13-11-18-10-9-16-7-4-8-17-12-14-20(19)22(18)21(16)17;2-1(3)4;/h1-11H;1-14H;1H;1H. The summed E-state index contributed by atoms with van der Waals surface area (Å²) in [7, 11) is 0. The van der Waals surface area contributed by atoms with Crippen LogP contribution in [0.1, 0.15) is 0 Å². The maximum atomic E-state index is 4.81. The summed E-state index contributed by atoms with van der Waals surface area (Å²) in [6.07, 6.45) is 0. The molecule has 0 saturated heterocycles. The third-order valence-electron chi connectivity index (χ3n) is 9.45. The van der Waals surface area contributed by atoms with Crippen molar-refractivity contribution in [3.05, 3.63) is 165 Å². The molecule has 256 valence electrons. The topological polar surface area (TPSA) is 0 Å². The number of benzene rings is 10. The van der Waals surface area contributed by atoms with Gasteiger partial charge in [-0.3, -0.25) is 0 Å². The van der Waals surface area contributed by atoms with Gasteiger partial charge in [0.15, 0.2) is 4.30 Å². The van der Waals surface area contributed by atoms with Crippen LogP contribution >= 0.6 is 99.6 Å². The molecule has 0 atom stereocenters. The van der Waals surface area contributed by atoms with E-state index < -0.39 is 4.30 Å². The van der Waals surface area contributed by atoms with Gasteiger partial charge in [0, 0.05) is 13.4 Å². The minimum absolute atomic E-state index is 0. The predicted molar refractivity (Wildman–Crippen MR) is 246 cm³/mol. The maximum Gasteiger partial charge on any atom is 0.180 e. The van der Waals surface area contributed by atoms with Crippen LogP contribution in [0.3, 0.4) is 0 Å². The van der Waals surface area contributed by atoms with Crippen molar-refractivity contribution in [3.63, 3.8) is 0 Å². The van der Waals surface area contributed by atoms with Crippen LogP contribution in [-0.4, -0.2) is 4.30 Å². The van der Waals surface area contributed by atoms with Gasteiger partial charge >= 0.3 is 0 Å². The Bertz CT molecular complexity index is 2780. The number of hydrogen-bond donors (Lipinski definition) is 0. The Labute approximate surface area is 352 Å². The summed E-state index contributed by atoms with van der Waals surface area (Å²) < 4.78 is 2.61. The number of rotatable bonds is 2. The molecule has 0 saturated carbocycles. The van der Waals surface area contributed by atoms with Gasteiger partial charge < -0.3 is 0 Å². The zero-order valence-electron chi connectivity index (χ0n) is 27.2. The molecule has 52 heavy (non-hydrogen) atoms. The van der Waals surface area contributed by atoms with Crippen LogP contribution in [0.5, 0.6) is 0 Å². The molecule has 0 spiro atoms. The lowest BCUT2D eigenvalue weighted by atomic mass is 9.90. The molecule has 10 aromatic carbocycles. The van der Waals surface area contributed by atoms with Crippen molar-refractivity contribution >= 4 is 164 Å². The molecule has 0 N–H and O–H groups in total.